The highest BCUT2D eigenvalue weighted by Gasteiger charge is 2.24. The topological polar surface area (TPSA) is 112 Å². The van der Waals surface area contributed by atoms with Crippen molar-refractivity contribution in [3.05, 3.63) is 24.0 Å². The maximum absolute atomic E-state index is 11.6. The Kier molecular flexibility index (Phi) is 4.61. The maximum atomic E-state index is 11.6. The molecule has 0 fully saturated rings. The number of carboxylic acids is 1. The number of anilines is 1. The number of aliphatic hydroxyl groups is 1. The van der Waals surface area contributed by atoms with E-state index in [4.69, 9.17) is 5.11 Å². The summed E-state index contributed by atoms with van der Waals surface area (Å²) in [4.78, 5) is 26.2. The van der Waals surface area contributed by atoms with E-state index in [2.05, 4.69) is 15.6 Å². The first-order valence-electron chi connectivity index (χ1n) is 5.31. The molecule has 7 heteroatoms. The molecule has 0 spiro atoms. The van der Waals surface area contributed by atoms with Gasteiger partial charge in [0.25, 0.3) is 0 Å². The Morgan fingerprint density at radius 1 is 1.44 bits per heavy atom. The van der Waals surface area contributed by atoms with E-state index in [0.29, 0.717) is 5.69 Å². The van der Waals surface area contributed by atoms with Crippen molar-refractivity contribution in [1.29, 1.82) is 0 Å². The van der Waals surface area contributed by atoms with Gasteiger partial charge in [-0.2, -0.15) is 0 Å². The Labute approximate surface area is 104 Å². The van der Waals surface area contributed by atoms with Crippen LogP contribution in [-0.4, -0.2) is 39.3 Å². The summed E-state index contributed by atoms with van der Waals surface area (Å²) in [7, 11) is 0. The monoisotopic (exact) mass is 253 g/mol. The molecule has 2 atom stereocenters. The first kappa shape index (κ1) is 13.9. The fourth-order valence-electron chi connectivity index (χ4n) is 1.28. The molecular weight excluding hydrogens is 238 g/mol. The van der Waals surface area contributed by atoms with Gasteiger partial charge in [-0.25, -0.2) is 9.59 Å². The number of hydrogen-bond acceptors (Lipinski definition) is 4. The second kappa shape index (κ2) is 5.97. The molecule has 0 aliphatic carbocycles. The molecule has 7 nitrogen and oxygen atoms in total. The lowest BCUT2D eigenvalue weighted by Gasteiger charge is -2.17. The smallest absolute Gasteiger partial charge is 0.328 e. The van der Waals surface area contributed by atoms with E-state index < -0.39 is 24.1 Å². The van der Waals surface area contributed by atoms with Gasteiger partial charge in [-0.3, -0.25) is 4.98 Å². The molecule has 0 aliphatic heterocycles. The molecule has 0 saturated heterocycles. The number of carbonyl (C=O) groups excluding carboxylic acids is 1. The van der Waals surface area contributed by atoms with Crippen LogP contribution in [-0.2, 0) is 4.79 Å². The number of carbonyl (C=O) groups is 2. The molecule has 98 valence electrons. The standard InChI is InChI=1S/C11H15N3O4/c1-6-3-4-12-5-8(6)13-11(18)14-9(7(2)15)10(16)17/h3-5,7,9,15H,1-2H3,(H,16,17)(H2,13,14,18). The molecule has 0 radical (unpaired) electrons. The van der Waals surface area contributed by atoms with E-state index in [1.54, 1.807) is 19.2 Å². The third-order valence-corrected chi connectivity index (χ3v) is 2.32. The zero-order chi connectivity index (χ0) is 13.7. The normalized spacial score (nSPS) is 13.5. The van der Waals surface area contributed by atoms with E-state index in [-0.39, 0.29) is 0 Å². The molecule has 0 bridgehead atoms. The van der Waals surface area contributed by atoms with Gasteiger partial charge in [-0.05, 0) is 25.5 Å². The van der Waals surface area contributed by atoms with E-state index in [9.17, 15) is 14.7 Å². The van der Waals surface area contributed by atoms with Gasteiger partial charge in [0, 0.05) is 6.20 Å². The Morgan fingerprint density at radius 3 is 2.61 bits per heavy atom. The summed E-state index contributed by atoms with van der Waals surface area (Å²) in [6.07, 6.45) is 1.84. The molecule has 1 aromatic heterocycles. The third kappa shape index (κ3) is 3.70. The van der Waals surface area contributed by atoms with Crippen LogP contribution in [0, 0.1) is 6.92 Å². The number of aliphatic carboxylic acids is 1. The van der Waals surface area contributed by atoms with Crippen molar-refractivity contribution in [1.82, 2.24) is 10.3 Å². The Morgan fingerprint density at radius 2 is 2.11 bits per heavy atom. The van der Waals surface area contributed by atoms with Crippen molar-refractivity contribution in [2.24, 2.45) is 0 Å². The fourth-order valence-corrected chi connectivity index (χ4v) is 1.28. The van der Waals surface area contributed by atoms with Crippen LogP contribution in [0.25, 0.3) is 0 Å². The van der Waals surface area contributed by atoms with Crippen LogP contribution in [0.1, 0.15) is 12.5 Å². The number of urea groups is 1. The SMILES string of the molecule is Cc1ccncc1NC(=O)NC(C(=O)O)C(C)O. The molecule has 18 heavy (non-hydrogen) atoms. The van der Waals surface area contributed by atoms with Gasteiger partial charge >= 0.3 is 12.0 Å². The van der Waals surface area contributed by atoms with Crippen LogP contribution in [0.2, 0.25) is 0 Å². The zero-order valence-electron chi connectivity index (χ0n) is 10.0. The summed E-state index contributed by atoms with van der Waals surface area (Å²) < 4.78 is 0. The second-order valence-corrected chi connectivity index (χ2v) is 3.85. The number of amides is 2. The van der Waals surface area contributed by atoms with E-state index in [1.807, 2.05) is 0 Å². The largest absolute Gasteiger partial charge is 0.480 e. The van der Waals surface area contributed by atoms with Crippen molar-refractivity contribution < 1.29 is 19.8 Å². The van der Waals surface area contributed by atoms with Gasteiger partial charge in [0.05, 0.1) is 18.0 Å². The Bertz CT molecular complexity index is 448. The third-order valence-electron chi connectivity index (χ3n) is 2.32. The summed E-state index contributed by atoms with van der Waals surface area (Å²) in [6.45, 7) is 3.06. The molecule has 4 N–H and O–H groups in total. The number of hydrogen-bond donors (Lipinski definition) is 4. The van der Waals surface area contributed by atoms with Crippen LogP contribution in [0.5, 0.6) is 0 Å². The lowest BCUT2D eigenvalue weighted by molar-refractivity contribution is -0.141. The van der Waals surface area contributed by atoms with Gasteiger partial charge < -0.3 is 20.8 Å². The summed E-state index contributed by atoms with van der Waals surface area (Å²) >= 11 is 0. The predicted molar refractivity (Wildman–Crippen MR) is 64.2 cm³/mol. The maximum Gasteiger partial charge on any atom is 0.328 e. The van der Waals surface area contributed by atoms with Gasteiger partial charge in [0.1, 0.15) is 0 Å². The number of aliphatic hydroxyl groups excluding tert-OH is 1. The van der Waals surface area contributed by atoms with Crippen molar-refractivity contribution in [3.8, 4) is 0 Å². The quantitative estimate of drug-likeness (QED) is 0.618. The highest BCUT2D eigenvalue weighted by molar-refractivity contribution is 5.92. The zero-order valence-corrected chi connectivity index (χ0v) is 10.0. The Balaban J connectivity index is 2.67. The van der Waals surface area contributed by atoms with Crippen LogP contribution in [0.15, 0.2) is 18.5 Å². The van der Waals surface area contributed by atoms with Crippen LogP contribution in [0.4, 0.5) is 10.5 Å². The number of rotatable bonds is 4. The first-order chi connectivity index (χ1) is 8.41. The summed E-state index contributed by atoms with van der Waals surface area (Å²) in [5, 5.41) is 22.6. The van der Waals surface area contributed by atoms with Gasteiger partial charge in [0.15, 0.2) is 6.04 Å². The van der Waals surface area contributed by atoms with Crippen molar-refractivity contribution in [2.45, 2.75) is 26.0 Å². The minimum Gasteiger partial charge on any atom is -0.480 e. The summed E-state index contributed by atoms with van der Waals surface area (Å²) in [5.41, 5.74) is 1.27. The van der Waals surface area contributed by atoms with Crippen molar-refractivity contribution in [2.75, 3.05) is 5.32 Å². The minimum absolute atomic E-state index is 0.477. The second-order valence-electron chi connectivity index (χ2n) is 3.85. The molecular formula is C11H15N3O4. The molecule has 0 aromatic carbocycles. The molecule has 0 saturated carbocycles. The number of aryl methyl sites for hydroxylation is 1. The van der Waals surface area contributed by atoms with Crippen LogP contribution < -0.4 is 10.6 Å². The van der Waals surface area contributed by atoms with Gasteiger partial charge in [-0.1, -0.05) is 0 Å². The van der Waals surface area contributed by atoms with Gasteiger partial charge in [0.2, 0.25) is 0 Å². The van der Waals surface area contributed by atoms with Gasteiger partial charge in [-0.15, -0.1) is 0 Å². The average Bonchev–Trinajstić information content (AvgIpc) is 2.28. The van der Waals surface area contributed by atoms with E-state index >= 15 is 0 Å². The molecule has 2 unspecified atom stereocenters. The molecule has 1 aromatic rings. The fraction of sp³-hybridized carbons (Fsp3) is 0.364. The molecule has 1 heterocycles. The number of pyridine rings is 1. The number of nitrogens with zero attached hydrogens (tertiary/aromatic N) is 1. The highest BCUT2D eigenvalue weighted by atomic mass is 16.4. The van der Waals surface area contributed by atoms with Crippen LogP contribution in [0.3, 0.4) is 0 Å². The average molecular weight is 253 g/mol. The Hall–Kier alpha value is -2.15. The lowest BCUT2D eigenvalue weighted by atomic mass is 10.2. The number of aromatic nitrogens is 1. The first-order valence-corrected chi connectivity index (χ1v) is 5.31. The minimum atomic E-state index is -1.36. The summed E-state index contributed by atoms with van der Waals surface area (Å²) in [6, 6.07) is -0.361. The summed E-state index contributed by atoms with van der Waals surface area (Å²) in [5.74, 6) is -1.30. The van der Waals surface area contributed by atoms with E-state index in [1.165, 1.54) is 13.1 Å². The number of nitrogens with one attached hydrogen (secondary N) is 2. The van der Waals surface area contributed by atoms with Crippen molar-refractivity contribution in [3.63, 3.8) is 0 Å². The van der Waals surface area contributed by atoms with E-state index in [0.717, 1.165) is 5.56 Å². The van der Waals surface area contributed by atoms with Crippen LogP contribution >= 0.6 is 0 Å². The number of carboxylic acid groups (broad SMARTS) is 1. The highest BCUT2D eigenvalue weighted by Crippen LogP contribution is 2.10. The lowest BCUT2D eigenvalue weighted by Crippen LogP contribution is -2.49. The molecule has 0 aliphatic rings. The molecule has 2 amide bonds. The molecule has 1 rings (SSSR count). The predicted octanol–water partition coefficient (Wildman–Crippen LogP) is 0.346. The van der Waals surface area contributed by atoms with Crippen molar-refractivity contribution >= 4 is 17.7 Å².